The lowest BCUT2D eigenvalue weighted by Gasteiger charge is -2.24. The molecule has 1 aromatic rings. The predicted octanol–water partition coefficient (Wildman–Crippen LogP) is -0.502. The van der Waals surface area contributed by atoms with Crippen molar-refractivity contribution < 1.29 is 29.4 Å². The summed E-state index contributed by atoms with van der Waals surface area (Å²) < 4.78 is 0. The highest BCUT2D eigenvalue weighted by Gasteiger charge is 2.28. The topological polar surface area (TPSA) is 171 Å². The number of carboxylic acid groups (broad SMARTS) is 1. The molecule has 0 radical (unpaired) electrons. The third kappa shape index (κ3) is 8.91. The van der Waals surface area contributed by atoms with Crippen LogP contribution in [0.25, 0.3) is 0 Å². The van der Waals surface area contributed by atoms with Crippen LogP contribution in [-0.4, -0.2) is 58.6 Å². The molecule has 1 aromatic carbocycles. The van der Waals surface area contributed by atoms with E-state index >= 15 is 0 Å². The monoisotopic (exact) mass is 422 g/mol. The minimum absolute atomic E-state index is 0.0417. The molecular formula is C20H30N4O6. The molecule has 10 heteroatoms. The molecular weight excluding hydrogens is 392 g/mol. The highest BCUT2D eigenvalue weighted by Crippen LogP contribution is 2.12. The standard InChI is InChI=1S/C20H30N4O6/c1-11(2)8-15(19(29)22-10-17(26)27)24-20(30)16(23-18(28)12(3)21)9-13-4-6-14(25)7-5-13/h4-7,11-12,15-16,25H,8-10,21H2,1-3H3,(H,22,29)(H,23,28)(H,24,30)(H,26,27). The Labute approximate surface area is 175 Å². The number of hydrogen-bond donors (Lipinski definition) is 6. The SMILES string of the molecule is CC(C)CC(NC(=O)C(Cc1ccc(O)cc1)NC(=O)C(C)N)C(=O)NCC(=O)O. The first kappa shape index (κ1) is 24.9. The first-order chi connectivity index (χ1) is 14.0. The second-order valence-corrected chi connectivity index (χ2v) is 7.52. The number of phenols is 1. The van der Waals surface area contributed by atoms with E-state index in [-0.39, 0.29) is 24.5 Å². The zero-order valence-electron chi connectivity index (χ0n) is 17.3. The number of carbonyl (C=O) groups excluding carboxylic acids is 3. The van der Waals surface area contributed by atoms with Crippen LogP contribution in [-0.2, 0) is 25.6 Å². The van der Waals surface area contributed by atoms with Gasteiger partial charge in [0, 0.05) is 6.42 Å². The fraction of sp³-hybridized carbons (Fsp3) is 0.500. The third-order valence-corrected chi connectivity index (χ3v) is 4.18. The van der Waals surface area contributed by atoms with E-state index in [1.165, 1.54) is 19.1 Å². The summed E-state index contributed by atoms with van der Waals surface area (Å²) in [5.41, 5.74) is 6.26. The van der Waals surface area contributed by atoms with Gasteiger partial charge in [-0.1, -0.05) is 26.0 Å². The summed E-state index contributed by atoms with van der Waals surface area (Å²) in [6.07, 6.45) is 0.389. The van der Waals surface area contributed by atoms with Crippen LogP contribution in [0.2, 0.25) is 0 Å². The second kappa shape index (κ2) is 11.8. The maximum atomic E-state index is 12.9. The van der Waals surface area contributed by atoms with Gasteiger partial charge in [-0.2, -0.15) is 0 Å². The van der Waals surface area contributed by atoms with E-state index in [0.29, 0.717) is 5.56 Å². The van der Waals surface area contributed by atoms with E-state index in [1.54, 1.807) is 12.1 Å². The first-order valence-electron chi connectivity index (χ1n) is 9.63. The number of carbonyl (C=O) groups is 4. The van der Waals surface area contributed by atoms with Gasteiger partial charge in [0.05, 0.1) is 6.04 Å². The fourth-order valence-electron chi connectivity index (χ4n) is 2.64. The van der Waals surface area contributed by atoms with Crippen LogP contribution < -0.4 is 21.7 Å². The summed E-state index contributed by atoms with van der Waals surface area (Å²) in [5, 5.41) is 25.6. The van der Waals surface area contributed by atoms with E-state index in [0.717, 1.165) is 0 Å². The van der Waals surface area contributed by atoms with Crippen molar-refractivity contribution in [2.45, 2.75) is 51.7 Å². The number of benzene rings is 1. The molecule has 0 spiro atoms. The first-order valence-corrected chi connectivity index (χ1v) is 9.63. The summed E-state index contributed by atoms with van der Waals surface area (Å²) in [5.74, 6) is -2.86. The van der Waals surface area contributed by atoms with Crippen LogP contribution >= 0.6 is 0 Å². The Kier molecular flexibility index (Phi) is 9.76. The Hall–Kier alpha value is -3.14. The van der Waals surface area contributed by atoms with E-state index in [1.807, 2.05) is 13.8 Å². The molecule has 0 aliphatic rings. The summed E-state index contributed by atoms with van der Waals surface area (Å²) in [7, 11) is 0. The van der Waals surface area contributed by atoms with Crippen molar-refractivity contribution in [3.8, 4) is 5.75 Å². The number of carboxylic acids is 1. The average Bonchev–Trinajstić information content (AvgIpc) is 2.65. The molecule has 0 aromatic heterocycles. The molecule has 3 unspecified atom stereocenters. The van der Waals surface area contributed by atoms with Crippen LogP contribution in [0.15, 0.2) is 24.3 Å². The summed E-state index contributed by atoms with van der Waals surface area (Å²) in [6.45, 7) is 4.62. The van der Waals surface area contributed by atoms with Gasteiger partial charge in [0.15, 0.2) is 0 Å². The van der Waals surface area contributed by atoms with Crippen LogP contribution in [0, 0.1) is 5.92 Å². The molecule has 3 amide bonds. The van der Waals surface area contributed by atoms with Gasteiger partial charge in [0.1, 0.15) is 24.4 Å². The lowest BCUT2D eigenvalue weighted by atomic mass is 10.0. The zero-order valence-corrected chi connectivity index (χ0v) is 17.3. The largest absolute Gasteiger partial charge is 0.508 e. The molecule has 0 saturated heterocycles. The molecule has 0 heterocycles. The minimum Gasteiger partial charge on any atom is -0.508 e. The van der Waals surface area contributed by atoms with Crippen molar-refractivity contribution in [3.05, 3.63) is 29.8 Å². The zero-order chi connectivity index (χ0) is 22.8. The molecule has 0 aliphatic heterocycles. The molecule has 0 fully saturated rings. The number of nitrogens with two attached hydrogens (primary N) is 1. The van der Waals surface area contributed by atoms with Gasteiger partial charge < -0.3 is 31.9 Å². The molecule has 10 nitrogen and oxygen atoms in total. The Morgan fingerprint density at radius 1 is 0.933 bits per heavy atom. The smallest absolute Gasteiger partial charge is 0.322 e. The third-order valence-electron chi connectivity index (χ3n) is 4.18. The molecule has 7 N–H and O–H groups in total. The number of amides is 3. The van der Waals surface area contributed by atoms with Crippen molar-refractivity contribution in [3.63, 3.8) is 0 Å². The van der Waals surface area contributed by atoms with Crippen LogP contribution in [0.1, 0.15) is 32.8 Å². The lowest BCUT2D eigenvalue weighted by Crippen LogP contribution is -2.56. The maximum absolute atomic E-state index is 12.9. The number of rotatable bonds is 11. The fourth-order valence-corrected chi connectivity index (χ4v) is 2.64. The van der Waals surface area contributed by atoms with Gasteiger partial charge in [0.25, 0.3) is 0 Å². The van der Waals surface area contributed by atoms with Crippen molar-refractivity contribution in [1.82, 2.24) is 16.0 Å². The quantitative estimate of drug-likeness (QED) is 0.279. The van der Waals surface area contributed by atoms with Gasteiger partial charge in [0.2, 0.25) is 17.7 Å². The summed E-state index contributed by atoms with van der Waals surface area (Å²) >= 11 is 0. The summed E-state index contributed by atoms with van der Waals surface area (Å²) in [4.78, 5) is 48.0. The van der Waals surface area contributed by atoms with Gasteiger partial charge >= 0.3 is 5.97 Å². The lowest BCUT2D eigenvalue weighted by molar-refractivity contribution is -0.138. The van der Waals surface area contributed by atoms with Crippen molar-refractivity contribution >= 4 is 23.7 Å². The molecule has 0 saturated carbocycles. The Morgan fingerprint density at radius 2 is 1.50 bits per heavy atom. The minimum atomic E-state index is -1.20. The van der Waals surface area contributed by atoms with Crippen LogP contribution in [0.5, 0.6) is 5.75 Å². The predicted molar refractivity (Wildman–Crippen MR) is 109 cm³/mol. The van der Waals surface area contributed by atoms with Crippen molar-refractivity contribution in [2.75, 3.05) is 6.54 Å². The molecule has 1 rings (SSSR count). The highest BCUT2D eigenvalue weighted by molar-refractivity contribution is 5.93. The van der Waals surface area contributed by atoms with Crippen molar-refractivity contribution in [2.24, 2.45) is 11.7 Å². The van der Waals surface area contributed by atoms with Crippen LogP contribution in [0.3, 0.4) is 0 Å². The Balaban J connectivity index is 2.99. The average molecular weight is 422 g/mol. The van der Waals surface area contributed by atoms with E-state index in [9.17, 15) is 24.3 Å². The van der Waals surface area contributed by atoms with Crippen LogP contribution in [0.4, 0.5) is 0 Å². The van der Waals surface area contributed by atoms with E-state index < -0.39 is 48.4 Å². The maximum Gasteiger partial charge on any atom is 0.322 e. The molecule has 0 bridgehead atoms. The summed E-state index contributed by atoms with van der Waals surface area (Å²) in [6, 6.07) is 3.31. The van der Waals surface area contributed by atoms with E-state index in [2.05, 4.69) is 16.0 Å². The Bertz CT molecular complexity index is 748. The second-order valence-electron chi connectivity index (χ2n) is 7.52. The normalized spacial score (nSPS) is 13.8. The molecule has 3 atom stereocenters. The van der Waals surface area contributed by atoms with Gasteiger partial charge in [-0.05, 0) is 37.0 Å². The molecule has 30 heavy (non-hydrogen) atoms. The molecule has 166 valence electrons. The highest BCUT2D eigenvalue weighted by atomic mass is 16.4. The number of hydrogen-bond acceptors (Lipinski definition) is 6. The number of nitrogens with one attached hydrogen (secondary N) is 3. The Morgan fingerprint density at radius 3 is 2.00 bits per heavy atom. The van der Waals surface area contributed by atoms with Crippen molar-refractivity contribution in [1.29, 1.82) is 0 Å². The number of aliphatic carboxylic acids is 1. The number of aromatic hydroxyl groups is 1. The van der Waals surface area contributed by atoms with Gasteiger partial charge in [-0.3, -0.25) is 19.2 Å². The van der Waals surface area contributed by atoms with Gasteiger partial charge in [-0.25, -0.2) is 0 Å². The number of phenolic OH excluding ortho intramolecular Hbond substituents is 1. The van der Waals surface area contributed by atoms with Gasteiger partial charge in [-0.15, -0.1) is 0 Å². The molecule has 0 aliphatic carbocycles. The van der Waals surface area contributed by atoms with E-state index in [4.69, 9.17) is 10.8 Å².